The average Bonchev–Trinajstić information content (AvgIpc) is 3.89. The van der Waals surface area contributed by atoms with Gasteiger partial charge in [0.15, 0.2) is 0 Å². The first-order chi connectivity index (χ1) is 18.8. The Balaban J connectivity index is 1.11. The van der Waals surface area contributed by atoms with Gasteiger partial charge in [-0.3, -0.25) is 0 Å². The van der Waals surface area contributed by atoms with Crippen LogP contribution in [0, 0.1) is 0 Å². The predicted molar refractivity (Wildman–Crippen MR) is 148 cm³/mol. The number of rotatable bonds is 17. The van der Waals surface area contributed by atoms with Gasteiger partial charge in [-0.1, -0.05) is 37.6 Å². The monoisotopic (exact) mass is 522 g/mol. The fourth-order valence-corrected chi connectivity index (χ4v) is 4.90. The molecule has 0 N–H and O–H groups in total. The molecular weight excluding hydrogens is 480 g/mol. The van der Waals surface area contributed by atoms with E-state index >= 15 is 0 Å². The van der Waals surface area contributed by atoms with Gasteiger partial charge in [-0.15, -0.1) is 0 Å². The molecule has 0 amide bonds. The Morgan fingerprint density at radius 3 is 2.18 bits per heavy atom. The summed E-state index contributed by atoms with van der Waals surface area (Å²) in [6, 6.07) is 15.3. The first-order valence-corrected chi connectivity index (χ1v) is 14.3. The van der Waals surface area contributed by atoms with Crippen molar-refractivity contribution in [1.29, 1.82) is 0 Å². The van der Waals surface area contributed by atoms with E-state index in [0.29, 0.717) is 57.8 Å². The maximum Gasteiger partial charge on any atom is 0.122 e. The van der Waals surface area contributed by atoms with E-state index in [1.165, 1.54) is 35.1 Å². The molecule has 3 atom stereocenters. The van der Waals surface area contributed by atoms with Crippen molar-refractivity contribution in [3.63, 3.8) is 0 Å². The Hall–Kier alpha value is -2.38. The van der Waals surface area contributed by atoms with Gasteiger partial charge < -0.3 is 28.4 Å². The van der Waals surface area contributed by atoms with Crippen molar-refractivity contribution in [3.05, 3.63) is 65.2 Å². The van der Waals surface area contributed by atoms with Crippen molar-refractivity contribution in [3.8, 4) is 11.5 Å². The van der Waals surface area contributed by atoms with Crippen molar-refractivity contribution in [1.82, 2.24) is 0 Å². The van der Waals surface area contributed by atoms with E-state index in [0.717, 1.165) is 50.4 Å². The number of hydrogen-bond donors (Lipinski definition) is 0. The van der Waals surface area contributed by atoms with Crippen LogP contribution in [0.25, 0.3) is 5.57 Å². The molecule has 2 aromatic carbocycles. The SMILES string of the molecule is CCCCc1cc(C2=CCC(c3ccc(OCCOCC4CO4)cc3)CC2)ccc1OCCOCC1CO1. The maximum absolute atomic E-state index is 6.10. The van der Waals surface area contributed by atoms with Crippen LogP contribution < -0.4 is 9.47 Å². The van der Waals surface area contributed by atoms with Gasteiger partial charge in [-0.25, -0.2) is 0 Å². The molecule has 0 radical (unpaired) electrons. The minimum absolute atomic E-state index is 0.300. The van der Waals surface area contributed by atoms with Crippen molar-refractivity contribution >= 4 is 5.57 Å². The summed E-state index contributed by atoms with van der Waals surface area (Å²) < 4.78 is 33.4. The summed E-state index contributed by atoms with van der Waals surface area (Å²) in [4.78, 5) is 0. The zero-order valence-electron chi connectivity index (χ0n) is 22.7. The lowest BCUT2D eigenvalue weighted by atomic mass is 9.82. The second-order valence-corrected chi connectivity index (χ2v) is 10.5. The van der Waals surface area contributed by atoms with Gasteiger partial charge in [0.2, 0.25) is 0 Å². The first kappa shape index (κ1) is 27.2. The highest BCUT2D eigenvalue weighted by atomic mass is 16.6. The maximum atomic E-state index is 6.10. The summed E-state index contributed by atoms with van der Waals surface area (Å²) in [6.07, 6.45) is 9.74. The lowest BCUT2D eigenvalue weighted by Crippen LogP contribution is -2.11. The van der Waals surface area contributed by atoms with Crippen LogP contribution >= 0.6 is 0 Å². The van der Waals surface area contributed by atoms with Crippen LogP contribution in [-0.2, 0) is 25.4 Å². The molecule has 0 saturated carbocycles. The van der Waals surface area contributed by atoms with Gasteiger partial charge in [0.25, 0.3) is 0 Å². The summed E-state index contributed by atoms with van der Waals surface area (Å²) in [7, 11) is 0. The van der Waals surface area contributed by atoms with Gasteiger partial charge in [0.1, 0.15) is 36.9 Å². The third kappa shape index (κ3) is 8.57. The molecule has 38 heavy (non-hydrogen) atoms. The Bertz CT molecular complexity index is 1020. The molecule has 1 aliphatic carbocycles. The quantitative estimate of drug-likeness (QED) is 0.188. The second kappa shape index (κ2) is 14.1. The summed E-state index contributed by atoms with van der Waals surface area (Å²) in [6.45, 7) is 7.56. The van der Waals surface area contributed by atoms with E-state index in [2.05, 4.69) is 55.5 Å². The molecule has 2 saturated heterocycles. The van der Waals surface area contributed by atoms with Crippen LogP contribution in [-0.4, -0.2) is 65.1 Å². The molecule has 206 valence electrons. The number of hydrogen-bond acceptors (Lipinski definition) is 6. The Morgan fingerprint density at radius 1 is 0.842 bits per heavy atom. The molecule has 0 spiro atoms. The highest BCUT2D eigenvalue weighted by molar-refractivity contribution is 5.68. The molecule has 6 nitrogen and oxygen atoms in total. The molecule has 2 aromatic rings. The third-order valence-corrected chi connectivity index (χ3v) is 7.39. The van der Waals surface area contributed by atoms with Gasteiger partial charge in [0, 0.05) is 0 Å². The largest absolute Gasteiger partial charge is 0.491 e. The van der Waals surface area contributed by atoms with E-state index in [-0.39, 0.29) is 0 Å². The fraction of sp³-hybridized carbons (Fsp3) is 0.562. The minimum atomic E-state index is 0.300. The number of aryl methyl sites for hydroxylation is 1. The molecule has 2 aliphatic heterocycles. The Morgan fingerprint density at radius 2 is 1.55 bits per heavy atom. The van der Waals surface area contributed by atoms with Crippen LogP contribution in [0.1, 0.15) is 61.6 Å². The topological polar surface area (TPSA) is 62.0 Å². The fourth-order valence-electron chi connectivity index (χ4n) is 4.90. The van der Waals surface area contributed by atoms with Crippen LogP contribution in [0.2, 0.25) is 0 Å². The zero-order chi connectivity index (χ0) is 26.0. The summed E-state index contributed by atoms with van der Waals surface area (Å²) in [5.41, 5.74) is 5.48. The normalized spacial score (nSPS) is 22.1. The number of allylic oxidation sites excluding steroid dienone is 2. The molecule has 3 unspecified atom stereocenters. The van der Waals surface area contributed by atoms with Crippen molar-refractivity contribution in [2.75, 3.05) is 52.9 Å². The van der Waals surface area contributed by atoms with E-state index in [9.17, 15) is 0 Å². The minimum Gasteiger partial charge on any atom is -0.491 e. The Kier molecular flexibility index (Phi) is 10.1. The standard InChI is InChI=1S/C32H42O6/c1-2-3-4-28-19-27(11-14-32(28)36-18-16-34-21-31-23-38-31)26-7-5-24(6-8-26)25-9-12-29(13-10-25)35-17-15-33-20-30-22-37-30/h7,9-14,19,24,30-31H,2-6,8,15-18,20-23H2,1H3. The highest BCUT2D eigenvalue weighted by Crippen LogP contribution is 2.37. The van der Waals surface area contributed by atoms with Gasteiger partial charge in [0.05, 0.1) is 39.6 Å². The van der Waals surface area contributed by atoms with Gasteiger partial charge in [-0.2, -0.15) is 0 Å². The number of ether oxygens (including phenoxy) is 6. The lowest BCUT2D eigenvalue weighted by molar-refractivity contribution is 0.0875. The summed E-state index contributed by atoms with van der Waals surface area (Å²) in [5.74, 6) is 2.45. The number of unbranched alkanes of at least 4 members (excludes halogenated alkanes) is 1. The molecule has 2 fully saturated rings. The van der Waals surface area contributed by atoms with Crippen molar-refractivity contribution < 1.29 is 28.4 Å². The van der Waals surface area contributed by atoms with Gasteiger partial charge in [-0.05, 0) is 84.6 Å². The molecule has 5 rings (SSSR count). The zero-order valence-corrected chi connectivity index (χ0v) is 22.7. The van der Waals surface area contributed by atoms with Crippen LogP contribution in [0.4, 0.5) is 0 Å². The number of benzene rings is 2. The van der Waals surface area contributed by atoms with Crippen LogP contribution in [0.5, 0.6) is 11.5 Å². The van der Waals surface area contributed by atoms with E-state index in [4.69, 9.17) is 28.4 Å². The van der Waals surface area contributed by atoms with Crippen LogP contribution in [0.15, 0.2) is 48.5 Å². The molecule has 0 aromatic heterocycles. The predicted octanol–water partition coefficient (Wildman–Crippen LogP) is 5.97. The smallest absolute Gasteiger partial charge is 0.122 e. The molecule has 3 aliphatic rings. The molecule has 6 heteroatoms. The molecular formula is C32H42O6. The second-order valence-electron chi connectivity index (χ2n) is 10.5. The summed E-state index contributed by atoms with van der Waals surface area (Å²) in [5, 5.41) is 0. The van der Waals surface area contributed by atoms with E-state index in [1.54, 1.807) is 0 Å². The highest BCUT2D eigenvalue weighted by Gasteiger charge is 2.23. The van der Waals surface area contributed by atoms with E-state index < -0.39 is 0 Å². The Labute approximate surface area is 227 Å². The van der Waals surface area contributed by atoms with Gasteiger partial charge >= 0.3 is 0 Å². The van der Waals surface area contributed by atoms with Crippen molar-refractivity contribution in [2.45, 2.75) is 63.6 Å². The lowest BCUT2D eigenvalue weighted by Gasteiger charge is -2.23. The third-order valence-electron chi connectivity index (χ3n) is 7.39. The van der Waals surface area contributed by atoms with Crippen LogP contribution in [0.3, 0.4) is 0 Å². The molecule has 2 heterocycles. The first-order valence-electron chi connectivity index (χ1n) is 14.3. The number of epoxide rings is 2. The van der Waals surface area contributed by atoms with E-state index in [1.807, 2.05) is 0 Å². The summed E-state index contributed by atoms with van der Waals surface area (Å²) >= 11 is 0. The van der Waals surface area contributed by atoms with Crippen molar-refractivity contribution in [2.24, 2.45) is 0 Å². The molecule has 0 bridgehead atoms. The average molecular weight is 523 g/mol.